The minimum atomic E-state index is -0.412. The average Bonchev–Trinajstić information content (AvgIpc) is 2.94. The molecule has 7 nitrogen and oxygen atoms in total. The van der Waals surface area contributed by atoms with E-state index >= 15 is 0 Å². The SMILES string of the molecule is CCOCC(N)c1noc(-c2ccncc2OC)n1. The van der Waals surface area contributed by atoms with E-state index in [0.29, 0.717) is 36.2 Å². The van der Waals surface area contributed by atoms with Crippen molar-refractivity contribution in [1.29, 1.82) is 0 Å². The van der Waals surface area contributed by atoms with Gasteiger partial charge in [-0.05, 0) is 13.0 Å². The average molecular weight is 264 g/mol. The van der Waals surface area contributed by atoms with Gasteiger partial charge in [-0.1, -0.05) is 5.16 Å². The first-order valence-corrected chi connectivity index (χ1v) is 5.91. The van der Waals surface area contributed by atoms with Crippen molar-refractivity contribution in [2.75, 3.05) is 20.3 Å². The van der Waals surface area contributed by atoms with Gasteiger partial charge in [0, 0.05) is 12.8 Å². The molecule has 1 atom stereocenters. The molecular weight excluding hydrogens is 248 g/mol. The van der Waals surface area contributed by atoms with Crippen molar-refractivity contribution in [2.24, 2.45) is 5.73 Å². The molecule has 0 aliphatic heterocycles. The summed E-state index contributed by atoms with van der Waals surface area (Å²) in [6.07, 6.45) is 3.21. The van der Waals surface area contributed by atoms with Crippen LogP contribution in [-0.2, 0) is 4.74 Å². The lowest BCUT2D eigenvalue weighted by Crippen LogP contribution is -2.18. The maximum absolute atomic E-state index is 5.89. The van der Waals surface area contributed by atoms with Gasteiger partial charge in [-0.25, -0.2) is 0 Å². The molecule has 2 rings (SSSR count). The molecule has 0 spiro atoms. The molecule has 0 aliphatic rings. The maximum Gasteiger partial charge on any atom is 0.261 e. The van der Waals surface area contributed by atoms with Crippen LogP contribution in [0.25, 0.3) is 11.5 Å². The van der Waals surface area contributed by atoms with Gasteiger partial charge in [0.2, 0.25) is 0 Å². The van der Waals surface area contributed by atoms with Gasteiger partial charge in [0.15, 0.2) is 5.82 Å². The fourth-order valence-corrected chi connectivity index (χ4v) is 1.53. The Bertz CT molecular complexity index is 529. The predicted molar refractivity (Wildman–Crippen MR) is 67.5 cm³/mol. The fraction of sp³-hybridized carbons (Fsp3) is 0.417. The van der Waals surface area contributed by atoms with Crippen LogP contribution in [-0.4, -0.2) is 35.4 Å². The van der Waals surface area contributed by atoms with Crippen molar-refractivity contribution in [3.8, 4) is 17.2 Å². The van der Waals surface area contributed by atoms with E-state index in [9.17, 15) is 0 Å². The molecule has 2 N–H and O–H groups in total. The van der Waals surface area contributed by atoms with Crippen molar-refractivity contribution < 1.29 is 14.0 Å². The first kappa shape index (κ1) is 13.4. The van der Waals surface area contributed by atoms with Crippen LogP contribution in [0.2, 0.25) is 0 Å². The van der Waals surface area contributed by atoms with Gasteiger partial charge in [-0.2, -0.15) is 4.98 Å². The summed E-state index contributed by atoms with van der Waals surface area (Å²) in [4.78, 5) is 8.22. The molecule has 0 aromatic carbocycles. The van der Waals surface area contributed by atoms with E-state index in [1.54, 1.807) is 25.6 Å². The first-order valence-electron chi connectivity index (χ1n) is 5.91. The molecule has 0 amide bonds. The van der Waals surface area contributed by atoms with Gasteiger partial charge < -0.3 is 19.7 Å². The number of methoxy groups -OCH3 is 1. The summed E-state index contributed by atoms with van der Waals surface area (Å²) < 4.78 is 15.6. The van der Waals surface area contributed by atoms with E-state index in [1.807, 2.05) is 6.92 Å². The summed E-state index contributed by atoms with van der Waals surface area (Å²) >= 11 is 0. The summed E-state index contributed by atoms with van der Waals surface area (Å²) in [7, 11) is 1.55. The van der Waals surface area contributed by atoms with E-state index in [0.717, 1.165) is 0 Å². The van der Waals surface area contributed by atoms with Crippen LogP contribution in [0.3, 0.4) is 0 Å². The van der Waals surface area contributed by atoms with Crippen molar-refractivity contribution in [3.05, 3.63) is 24.3 Å². The third kappa shape index (κ3) is 3.07. The minimum Gasteiger partial charge on any atom is -0.494 e. The van der Waals surface area contributed by atoms with Crippen molar-refractivity contribution in [2.45, 2.75) is 13.0 Å². The third-order valence-electron chi connectivity index (χ3n) is 2.51. The van der Waals surface area contributed by atoms with Crippen molar-refractivity contribution in [3.63, 3.8) is 0 Å². The fourth-order valence-electron chi connectivity index (χ4n) is 1.53. The Morgan fingerprint density at radius 3 is 3.05 bits per heavy atom. The van der Waals surface area contributed by atoms with Gasteiger partial charge >= 0.3 is 0 Å². The number of nitrogens with zero attached hydrogens (tertiary/aromatic N) is 3. The Morgan fingerprint density at radius 1 is 1.47 bits per heavy atom. The Hall–Kier alpha value is -1.99. The zero-order chi connectivity index (χ0) is 13.7. The Morgan fingerprint density at radius 2 is 2.32 bits per heavy atom. The zero-order valence-corrected chi connectivity index (χ0v) is 10.9. The number of nitrogens with two attached hydrogens (primary N) is 1. The van der Waals surface area contributed by atoms with Crippen LogP contribution in [0.4, 0.5) is 0 Å². The largest absolute Gasteiger partial charge is 0.494 e. The number of rotatable bonds is 6. The first-order chi connectivity index (χ1) is 9.26. The van der Waals surface area contributed by atoms with Gasteiger partial charge in [0.05, 0.1) is 31.5 Å². The number of hydrogen-bond acceptors (Lipinski definition) is 7. The van der Waals surface area contributed by atoms with Crippen LogP contribution in [0.5, 0.6) is 5.75 Å². The summed E-state index contributed by atoms with van der Waals surface area (Å²) in [5, 5.41) is 3.85. The molecule has 19 heavy (non-hydrogen) atoms. The van der Waals surface area contributed by atoms with E-state index in [2.05, 4.69) is 15.1 Å². The van der Waals surface area contributed by atoms with Crippen molar-refractivity contribution >= 4 is 0 Å². The summed E-state index contributed by atoms with van der Waals surface area (Å²) in [6.45, 7) is 2.84. The van der Waals surface area contributed by atoms with Crippen LogP contribution in [0.1, 0.15) is 18.8 Å². The minimum absolute atomic E-state index is 0.348. The molecular formula is C12H16N4O3. The zero-order valence-electron chi connectivity index (χ0n) is 10.9. The van der Waals surface area contributed by atoms with Gasteiger partial charge in [-0.3, -0.25) is 4.98 Å². The van der Waals surface area contributed by atoms with Crippen LogP contribution in [0.15, 0.2) is 23.0 Å². The molecule has 0 aliphatic carbocycles. The highest BCUT2D eigenvalue weighted by atomic mass is 16.5. The molecule has 102 valence electrons. The lowest BCUT2D eigenvalue weighted by molar-refractivity contribution is 0.130. The van der Waals surface area contributed by atoms with E-state index in [1.165, 1.54) is 0 Å². The second-order valence-electron chi connectivity index (χ2n) is 3.80. The van der Waals surface area contributed by atoms with E-state index in [-0.39, 0.29) is 0 Å². The number of pyridine rings is 1. The third-order valence-corrected chi connectivity index (χ3v) is 2.51. The van der Waals surface area contributed by atoms with Crippen molar-refractivity contribution in [1.82, 2.24) is 15.1 Å². The predicted octanol–water partition coefficient (Wildman–Crippen LogP) is 1.18. The highest BCUT2D eigenvalue weighted by Gasteiger charge is 2.17. The quantitative estimate of drug-likeness (QED) is 0.836. The van der Waals surface area contributed by atoms with E-state index in [4.69, 9.17) is 19.7 Å². The number of aromatic nitrogens is 3. The molecule has 0 saturated carbocycles. The summed E-state index contributed by atoms with van der Waals surface area (Å²) in [5.41, 5.74) is 6.57. The standard InChI is InChI=1S/C12H16N4O3/c1-3-18-7-9(13)11-15-12(19-16-11)8-4-5-14-6-10(8)17-2/h4-6,9H,3,7,13H2,1-2H3. The molecule has 1 unspecified atom stereocenters. The van der Waals surface area contributed by atoms with Gasteiger partial charge in [-0.15, -0.1) is 0 Å². The maximum atomic E-state index is 5.89. The molecule has 0 radical (unpaired) electrons. The lowest BCUT2D eigenvalue weighted by atomic mass is 10.2. The Labute approximate surface area is 110 Å². The van der Waals surface area contributed by atoms with Gasteiger partial charge in [0.25, 0.3) is 5.89 Å². The lowest BCUT2D eigenvalue weighted by Gasteiger charge is -2.05. The molecule has 7 heteroatoms. The second kappa shape index (κ2) is 6.26. The Kier molecular flexibility index (Phi) is 4.43. The summed E-state index contributed by atoms with van der Waals surface area (Å²) in [6, 6.07) is 1.33. The Balaban J connectivity index is 2.20. The smallest absolute Gasteiger partial charge is 0.261 e. The van der Waals surface area contributed by atoms with Gasteiger partial charge in [0.1, 0.15) is 5.75 Å². The monoisotopic (exact) mass is 264 g/mol. The number of ether oxygens (including phenoxy) is 2. The van der Waals surface area contributed by atoms with Crippen LogP contribution >= 0.6 is 0 Å². The normalized spacial score (nSPS) is 12.4. The van der Waals surface area contributed by atoms with Crippen LogP contribution < -0.4 is 10.5 Å². The molecule has 2 heterocycles. The molecule has 0 bridgehead atoms. The molecule has 0 fully saturated rings. The highest BCUT2D eigenvalue weighted by molar-refractivity contribution is 5.61. The van der Waals surface area contributed by atoms with Crippen LogP contribution in [0, 0.1) is 0 Å². The second-order valence-corrected chi connectivity index (χ2v) is 3.80. The number of hydrogen-bond donors (Lipinski definition) is 1. The molecule has 2 aromatic heterocycles. The topological polar surface area (TPSA) is 96.3 Å². The molecule has 2 aromatic rings. The summed E-state index contributed by atoms with van der Waals surface area (Å²) in [5.74, 6) is 1.32. The highest BCUT2D eigenvalue weighted by Crippen LogP contribution is 2.27. The molecule has 0 saturated heterocycles. The van der Waals surface area contributed by atoms with E-state index < -0.39 is 6.04 Å².